The van der Waals surface area contributed by atoms with E-state index in [2.05, 4.69) is 29.4 Å². The van der Waals surface area contributed by atoms with Gasteiger partial charge in [0.2, 0.25) is 5.91 Å². The minimum Gasteiger partial charge on any atom is -0.370 e. The quantitative estimate of drug-likeness (QED) is 0.539. The van der Waals surface area contributed by atoms with E-state index in [4.69, 9.17) is 16.6 Å². The molecule has 35 heavy (non-hydrogen) atoms. The van der Waals surface area contributed by atoms with Crippen molar-refractivity contribution in [3.63, 3.8) is 0 Å². The van der Waals surface area contributed by atoms with Gasteiger partial charge in [-0.25, -0.2) is 4.98 Å². The molecule has 2 aromatic carbocycles. The minimum absolute atomic E-state index is 0.0293. The Hall–Kier alpha value is -2.90. The number of aromatic nitrogens is 2. The Kier molecular flexibility index (Phi) is 7.77. The van der Waals surface area contributed by atoms with Gasteiger partial charge in [0.15, 0.2) is 0 Å². The third-order valence-corrected chi connectivity index (χ3v) is 6.61. The van der Waals surface area contributed by atoms with E-state index < -0.39 is 0 Å². The van der Waals surface area contributed by atoms with Crippen molar-refractivity contribution in [1.82, 2.24) is 20.2 Å². The van der Waals surface area contributed by atoms with E-state index in [9.17, 15) is 9.59 Å². The van der Waals surface area contributed by atoms with Crippen LogP contribution in [0.25, 0.3) is 22.3 Å². The van der Waals surface area contributed by atoms with Gasteiger partial charge in [-0.3, -0.25) is 14.2 Å². The summed E-state index contributed by atoms with van der Waals surface area (Å²) in [6, 6.07) is 13.4. The fourth-order valence-electron chi connectivity index (χ4n) is 4.54. The summed E-state index contributed by atoms with van der Waals surface area (Å²) in [5.74, 6) is 0.700. The SMILES string of the molecule is CC(C)NC(=O)Cn1c(-c2cccc(Cl)c2)nc2ccc(N3CCCN[C@H](C(C)C)C3)cc2c1=O. The predicted octanol–water partition coefficient (Wildman–Crippen LogP) is 4.07. The first-order valence-electron chi connectivity index (χ1n) is 12.3. The van der Waals surface area contributed by atoms with Crippen molar-refractivity contribution in [2.45, 2.75) is 52.7 Å². The molecule has 8 heteroatoms. The van der Waals surface area contributed by atoms with Crippen LogP contribution in [0.3, 0.4) is 0 Å². The molecule has 0 unspecified atom stereocenters. The van der Waals surface area contributed by atoms with Crippen molar-refractivity contribution < 1.29 is 4.79 Å². The predicted molar refractivity (Wildman–Crippen MR) is 143 cm³/mol. The highest BCUT2D eigenvalue weighted by Gasteiger charge is 2.22. The second kappa shape index (κ2) is 10.8. The van der Waals surface area contributed by atoms with Crippen LogP contribution in [0.1, 0.15) is 34.1 Å². The maximum absolute atomic E-state index is 13.8. The van der Waals surface area contributed by atoms with Gasteiger partial charge in [0.1, 0.15) is 12.4 Å². The first-order chi connectivity index (χ1) is 16.7. The van der Waals surface area contributed by atoms with Crippen LogP contribution in [-0.4, -0.2) is 47.2 Å². The molecule has 0 radical (unpaired) electrons. The summed E-state index contributed by atoms with van der Waals surface area (Å²) in [5.41, 5.74) is 2.05. The van der Waals surface area contributed by atoms with Crippen molar-refractivity contribution in [2.24, 2.45) is 5.92 Å². The van der Waals surface area contributed by atoms with Gasteiger partial charge in [-0.15, -0.1) is 0 Å². The number of nitrogens with one attached hydrogen (secondary N) is 2. The largest absolute Gasteiger partial charge is 0.370 e. The number of halogens is 1. The molecule has 1 aliphatic heterocycles. The van der Waals surface area contributed by atoms with Crippen LogP contribution in [0.2, 0.25) is 5.02 Å². The van der Waals surface area contributed by atoms with Crippen molar-refractivity contribution in [3.8, 4) is 11.4 Å². The van der Waals surface area contributed by atoms with Crippen LogP contribution >= 0.6 is 11.6 Å². The molecule has 2 heterocycles. The highest BCUT2D eigenvalue weighted by atomic mass is 35.5. The van der Waals surface area contributed by atoms with E-state index in [-0.39, 0.29) is 24.1 Å². The lowest BCUT2D eigenvalue weighted by Gasteiger charge is -2.28. The maximum Gasteiger partial charge on any atom is 0.262 e. The summed E-state index contributed by atoms with van der Waals surface area (Å²) in [6.45, 7) is 10.9. The zero-order chi connectivity index (χ0) is 25.1. The molecule has 1 aliphatic rings. The number of fused-ring (bicyclic) bond motifs is 1. The van der Waals surface area contributed by atoms with Gasteiger partial charge < -0.3 is 15.5 Å². The maximum atomic E-state index is 13.8. The Labute approximate surface area is 211 Å². The molecule has 0 aliphatic carbocycles. The molecule has 7 nitrogen and oxygen atoms in total. The molecule has 1 fully saturated rings. The fraction of sp³-hybridized carbons (Fsp3) is 0.444. The second-order valence-corrected chi connectivity index (χ2v) is 10.3. The van der Waals surface area contributed by atoms with E-state index in [0.29, 0.717) is 39.3 Å². The van der Waals surface area contributed by atoms with Crippen LogP contribution in [0, 0.1) is 5.92 Å². The van der Waals surface area contributed by atoms with E-state index in [1.165, 1.54) is 4.57 Å². The summed E-state index contributed by atoms with van der Waals surface area (Å²) in [6.07, 6.45) is 1.03. The number of benzene rings is 2. The smallest absolute Gasteiger partial charge is 0.262 e. The van der Waals surface area contributed by atoms with E-state index >= 15 is 0 Å². The van der Waals surface area contributed by atoms with Crippen LogP contribution in [0.4, 0.5) is 5.69 Å². The summed E-state index contributed by atoms with van der Waals surface area (Å²) in [7, 11) is 0. The van der Waals surface area contributed by atoms with Gasteiger partial charge >= 0.3 is 0 Å². The first-order valence-corrected chi connectivity index (χ1v) is 12.7. The van der Waals surface area contributed by atoms with Crippen LogP contribution in [-0.2, 0) is 11.3 Å². The summed E-state index contributed by atoms with van der Waals surface area (Å²) < 4.78 is 1.45. The summed E-state index contributed by atoms with van der Waals surface area (Å²) >= 11 is 6.23. The number of rotatable bonds is 6. The average Bonchev–Trinajstić information content (AvgIpc) is 3.07. The summed E-state index contributed by atoms with van der Waals surface area (Å²) in [5, 5.41) is 7.55. The first kappa shape index (κ1) is 25.2. The molecule has 186 valence electrons. The lowest BCUT2D eigenvalue weighted by molar-refractivity contribution is -0.122. The van der Waals surface area contributed by atoms with Crippen molar-refractivity contribution in [1.29, 1.82) is 0 Å². The van der Waals surface area contributed by atoms with Crippen molar-refractivity contribution in [2.75, 3.05) is 24.5 Å². The number of hydrogen-bond donors (Lipinski definition) is 2. The highest BCUT2D eigenvalue weighted by Crippen LogP contribution is 2.25. The molecule has 0 bridgehead atoms. The Morgan fingerprint density at radius 2 is 2.00 bits per heavy atom. The average molecular weight is 496 g/mol. The van der Waals surface area contributed by atoms with Crippen molar-refractivity contribution >= 4 is 34.1 Å². The standard InChI is InChI=1S/C27H34ClN5O2/c1-17(2)24-15-32(12-6-11-29-24)21-9-10-23-22(14-21)27(35)33(16-25(34)30-18(3)4)26(31-23)19-7-5-8-20(28)13-19/h5,7-10,13-14,17-18,24,29H,6,11-12,15-16H2,1-4H3,(H,30,34)/t24-/m0/s1. The van der Waals surface area contributed by atoms with Gasteiger partial charge in [0, 0.05) is 41.4 Å². The molecule has 4 rings (SSSR count). The third kappa shape index (κ3) is 5.85. The molecule has 0 spiro atoms. The number of amides is 1. The molecule has 1 saturated heterocycles. The summed E-state index contributed by atoms with van der Waals surface area (Å²) in [4.78, 5) is 33.6. The molecule has 1 atom stereocenters. The molecular formula is C27H34ClN5O2. The topological polar surface area (TPSA) is 79.3 Å². The second-order valence-electron chi connectivity index (χ2n) is 9.86. The molecule has 2 N–H and O–H groups in total. The van der Waals surface area contributed by atoms with Crippen LogP contribution < -0.4 is 21.1 Å². The zero-order valence-corrected chi connectivity index (χ0v) is 21.6. The normalized spacial score (nSPS) is 16.7. The highest BCUT2D eigenvalue weighted by molar-refractivity contribution is 6.30. The number of carbonyl (C=O) groups excluding carboxylic acids is 1. The zero-order valence-electron chi connectivity index (χ0n) is 20.8. The monoisotopic (exact) mass is 495 g/mol. The van der Waals surface area contributed by atoms with Gasteiger partial charge in [0.05, 0.1) is 10.9 Å². The third-order valence-electron chi connectivity index (χ3n) is 6.37. The fourth-order valence-corrected chi connectivity index (χ4v) is 4.73. The minimum atomic E-state index is -0.237. The molecule has 3 aromatic rings. The lowest BCUT2D eigenvalue weighted by atomic mass is 10.0. The molecule has 0 saturated carbocycles. The number of hydrogen-bond acceptors (Lipinski definition) is 5. The number of carbonyl (C=O) groups is 1. The number of nitrogens with zero attached hydrogens (tertiary/aromatic N) is 3. The van der Waals surface area contributed by atoms with Crippen LogP contribution in [0.5, 0.6) is 0 Å². The Bertz CT molecular complexity index is 1270. The Morgan fingerprint density at radius 1 is 1.20 bits per heavy atom. The van der Waals surface area contributed by atoms with Crippen LogP contribution in [0.15, 0.2) is 47.3 Å². The molecule has 1 amide bonds. The van der Waals surface area contributed by atoms with Gasteiger partial charge in [-0.1, -0.05) is 37.6 Å². The Morgan fingerprint density at radius 3 is 2.71 bits per heavy atom. The van der Waals surface area contributed by atoms with Gasteiger partial charge in [-0.2, -0.15) is 0 Å². The lowest BCUT2D eigenvalue weighted by Crippen LogP contribution is -2.41. The van der Waals surface area contributed by atoms with Gasteiger partial charge in [0.25, 0.3) is 5.56 Å². The van der Waals surface area contributed by atoms with E-state index in [1.54, 1.807) is 12.1 Å². The molecule has 1 aromatic heterocycles. The molecular weight excluding hydrogens is 462 g/mol. The van der Waals surface area contributed by atoms with Crippen molar-refractivity contribution in [3.05, 3.63) is 57.8 Å². The van der Waals surface area contributed by atoms with Gasteiger partial charge in [-0.05, 0) is 63.1 Å². The van der Waals surface area contributed by atoms with E-state index in [1.807, 2.05) is 44.2 Å². The van der Waals surface area contributed by atoms with E-state index in [0.717, 1.165) is 31.7 Å². The number of anilines is 1. The Balaban J connectivity index is 1.81.